The lowest BCUT2D eigenvalue weighted by molar-refractivity contribution is -0.144. The minimum Gasteiger partial charge on any atom is -0.489 e. The van der Waals surface area contributed by atoms with Crippen LogP contribution in [0.15, 0.2) is 54.6 Å². The van der Waals surface area contributed by atoms with Crippen LogP contribution in [0.2, 0.25) is 0 Å². The molecule has 1 fully saturated rings. The number of benzene rings is 2. The molecule has 1 aliphatic heterocycles. The zero-order valence-electron chi connectivity index (χ0n) is 14.5. The highest BCUT2D eigenvalue weighted by Gasteiger charge is 2.28. The van der Waals surface area contributed by atoms with E-state index in [1.807, 2.05) is 42.5 Å². The first-order valence-electron chi connectivity index (χ1n) is 8.84. The quantitative estimate of drug-likeness (QED) is 0.578. The van der Waals surface area contributed by atoms with Crippen LogP contribution < -0.4 is 9.47 Å². The van der Waals surface area contributed by atoms with Gasteiger partial charge in [0.25, 0.3) is 0 Å². The first-order valence-corrected chi connectivity index (χ1v) is 8.84. The largest absolute Gasteiger partial charge is 0.489 e. The van der Waals surface area contributed by atoms with E-state index in [9.17, 15) is 4.79 Å². The van der Waals surface area contributed by atoms with Gasteiger partial charge in [-0.1, -0.05) is 43.3 Å². The topological polar surface area (TPSA) is 44.8 Å². The third kappa shape index (κ3) is 5.07. The predicted octanol–water partition coefficient (Wildman–Crippen LogP) is 4.38. The predicted molar refractivity (Wildman–Crippen MR) is 95.6 cm³/mol. The Morgan fingerprint density at radius 2 is 1.92 bits per heavy atom. The summed E-state index contributed by atoms with van der Waals surface area (Å²) in [4.78, 5) is 12.4. The third-order valence-electron chi connectivity index (χ3n) is 4.43. The van der Waals surface area contributed by atoms with E-state index in [4.69, 9.17) is 14.2 Å². The van der Waals surface area contributed by atoms with Gasteiger partial charge >= 0.3 is 5.97 Å². The lowest BCUT2D eigenvalue weighted by Crippen LogP contribution is -2.32. The summed E-state index contributed by atoms with van der Waals surface area (Å²) in [5, 5.41) is 0. The number of esters is 1. The average Bonchev–Trinajstić information content (AvgIpc) is 2.67. The molecule has 1 aliphatic rings. The zero-order chi connectivity index (χ0) is 17.5. The minimum atomic E-state index is -0.179. The van der Waals surface area contributed by atoms with Gasteiger partial charge in [-0.3, -0.25) is 4.79 Å². The molecule has 2 aromatic carbocycles. The van der Waals surface area contributed by atoms with Crippen LogP contribution in [0.4, 0.5) is 0 Å². The Morgan fingerprint density at radius 3 is 2.72 bits per heavy atom. The van der Waals surface area contributed by atoms with Gasteiger partial charge in [-0.2, -0.15) is 0 Å². The van der Waals surface area contributed by atoms with Crippen molar-refractivity contribution < 1.29 is 19.0 Å². The number of ether oxygens (including phenoxy) is 3. The van der Waals surface area contributed by atoms with Gasteiger partial charge in [-0.15, -0.1) is 0 Å². The highest BCUT2D eigenvalue weighted by atomic mass is 16.5. The molecule has 132 valence electrons. The monoisotopic (exact) mass is 340 g/mol. The second-order valence-corrected chi connectivity index (χ2v) is 6.29. The van der Waals surface area contributed by atoms with Gasteiger partial charge in [0.2, 0.25) is 0 Å². The number of carbonyl (C=O) groups is 1. The van der Waals surface area contributed by atoms with Crippen molar-refractivity contribution in [3.63, 3.8) is 0 Å². The molecule has 0 spiro atoms. The minimum absolute atomic E-state index is 0.0902. The Labute approximate surface area is 148 Å². The molecular formula is C21H24O4. The van der Waals surface area contributed by atoms with Gasteiger partial charge in [0.05, 0.1) is 12.0 Å². The lowest BCUT2D eigenvalue weighted by Gasteiger charge is -2.27. The molecule has 3 rings (SSSR count). The van der Waals surface area contributed by atoms with Crippen LogP contribution in [0, 0.1) is 5.92 Å². The normalized spacial score (nSPS) is 20.0. The van der Waals surface area contributed by atoms with Gasteiger partial charge < -0.3 is 14.2 Å². The second kappa shape index (κ2) is 8.67. The van der Waals surface area contributed by atoms with E-state index in [1.54, 1.807) is 12.1 Å². The van der Waals surface area contributed by atoms with Crippen LogP contribution in [0.3, 0.4) is 0 Å². The second-order valence-electron chi connectivity index (χ2n) is 6.29. The Hall–Kier alpha value is -2.33. The molecule has 1 heterocycles. The molecule has 0 saturated carbocycles. The van der Waals surface area contributed by atoms with Gasteiger partial charge in [0.15, 0.2) is 0 Å². The smallest absolute Gasteiger partial charge is 0.314 e. The number of rotatable bonds is 6. The standard InChI is InChI=1S/C21H24O4/c1-2-18-13-17(11-12-23-18)21(22)25-20-10-6-9-19(14-20)24-15-16-7-4-3-5-8-16/h3-10,14,17-18H,2,11-13,15H2,1H3. The molecule has 2 unspecified atom stereocenters. The fourth-order valence-corrected chi connectivity index (χ4v) is 2.95. The summed E-state index contributed by atoms with van der Waals surface area (Å²) < 4.78 is 17.0. The maximum atomic E-state index is 12.4. The summed E-state index contributed by atoms with van der Waals surface area (Å²) in [6.07, 6.45) is 2.54. The number of carbonyl (C=O) groups excluding carboxylic acids is 1. The first-order chi connectivity index (χ1) is 12.2. The van der Waals surface area contributed by atoms with Crippen molar-refractivity contribution in [1.29, 1.82) is 0 Å². The van der Waals surface area contributed by atoms with Crippen LogP contribution in [0.1, 0.15) is 31.7 Å². The van der Waals surface area contributed by atoms with Crippen LogP contribution in [-0.4, -0.2) is 18.7 Å². The Kier molecular flexibility index (Phi) is 6.07. The average molecular weight is 340 g/mol. The van der Waals surface area contributed by atoms with Crippen LogP contribution in [0.25, 0.3) is 0 Å². The van der Waals surface area contributed by atoms with Crippen molar-refractivity contribution in [2.75, 3.05) is 6.61 Å². The summed E-state index contributed by atoms with van der Waals surface area (Å²) in [5.41, 5.74) is 1.10. The van der Waals surface area contributed by atoms with Crippen molar-refractivity contribution in [3.8, 4) is 11.5 Å². The van der Waals surface area contributed by atoms with Crippen LogP contribution in [-0.2, 0) is 16.1 Å². The summed E-state index contributed by atoms with van der Waals surface area (Å²) in [5.74, 6) is 0.942. The summed E-state index contributed by atoms with van der Waals surface area (Å²) >= 11 is 0. The van der Waals surface area contributed by atoms with E-state index in [1.165, 1.54) is 0 Å². The van der Waals surface area contributed by atoms with Gasteiger partial charge in [-0.25, -0.2) is 0 Å². The Morgan fingerprint density at radius 1 is 1.12 bits per heavy atom. The highest BCUT2D eigenvalue weighted by Crippen LogP contribution is 2.26. The summed E-state index contributed by atoms with van der Waals surface area (Å²) in [6.45, 7) is 3.18. The van der Waals surface area contributed by atoms with Crippen LogP contribution >= 0.6 is 0 Å². The number of hydrogen-bond donors (Lipinski definition) is 0. The van der Waals surface area contributed by atoms with Crippen molar-refractivity contribution >= 4 is 5.97 Å². The lowest BCUT2D eigenvalue weighted by atomic mass is 9.94. The molecule has 0 N–H and O–H groups in total. The van der Waals surface area contributed by atoms with Crippen molar-refractivity contribution in [1.82, 2.24) is 0 Å². The van der Waals surface area contributed by atoms with Crippen molar-refractivity contribution in [2.45, 2.75) is 38.9 Å². The number of hydrogen-bond acceptors (Lipinski definition) is 4. The third-order valence-corrected chi connectivity index (χ3v) is 4.43. The fraction of sp³-hybridized carbons (Fsp3) is 0.381. The van der Waals surface area contributed by atoms with E-state index >= 15 is 0 Å². The van der Waals surface area contributed by atoms with E-state index < -0.39 is 0 Å². The van der Waals surface area contributed by atoms with Gasteiger partial charge in [-0.05, 0) is 37.0 Å². The Balaban J connectivity index is 1.56. The van der Waals surface area contributed by atoms with E-state index in [0.29, 0.717) is 24.7 Å². The molecule has 0 aliphatic carbocycles. The molecule has 2 atom stereocenters. The molecule has 4 heteroatoms. The summed E-state index contributed by atoms with van der Waals surface area (Å²) in [7, 11) is 0. The van der Waals surface area contributed by atoms with E-state index in [-0.39, 0.29) is 18.0 Å². The SMILES string of the molecule is CCC1CC(C(=O)Oc2cccc(OCc3ccccc3)c2)CCO1. The molecule has 0 bridgehead atoms. The molecular weight excluding hydrogens is 316 g/mol. The Bertz CT molecular complexity index is 683. The zero-order valence-corrected chi connectivity index (χ0v) is 14.5. The van der Waals surface area contributed by atoms with Crippen LogP contribution in [0.5, 0.6) is 11.5 Å². The molecule has 0 radical (unpaired) electrons. The van der Waals surface area contributed by atoms with Crippen molar-refractivity contribution in [3.05, 3.63) is 60.2 Å². The van der Waals surface area contributed by atoms with E-state index in [2.05, 4.69) is 6.92 Å². The molecule has 4 nitrogen and oxygen atoms in total. The van der Waals surface area contributed by atoms with E-state index in [0.717, 1.165) is 24.8 Å². The molecule has 1 saturated heterocycles. The van der Waals surface area contributed by atoms with Crippen molar-refractivity contribution in [2.24, 2.45) is 5.92 Å². The molecule has 25 heavy (non-hydrogen) atoms. The maximum Gasteiger partial charge on any atom is 0.314 e. The molecule has 2 aromatic rings. The molecule has 0 aromatic heterocycles. The highest BCUT2D eigenvalue weighted by molar-refractivity contribution is 5.75. The van der Waals surface area contributed by atoms with Gasteiger partial charge in [0, 0.05) is 12.7 Å². The summed E-state index contributed by atoms with van der Waals surface area (Å²) in [6, 6.07) is 17.2. The first kappa shape index (κ1) is 17.5. The molecule has 0 amide bonds. The fourth-order valence-electron chi connectivity index (χ4n) is 2.95. The van der Waals surface area contributed by atoms with Gasteiger partial charge in [0.1, 0.15) is 18.1 Å². The maximum absolute atomic E-state index is 12.4.